The smallest absolute Gasteiger partial charge is 0.133 e. The summed E-state index contributed by atoms with van der Waals surface area (Å²) < 4.78 is 0. The Balaban J connectivity index is 2.62. The van der Waals surface area contributed by atoms with Crippen LogP contribution in [0.3, 0.4) is 0 Å². The van der Waals surface area contributed by atoms with Crippen molar-refractivity contribution in [2.24, 2.45) is 0 Å². The second-order valence-electron chi connectivity index (χ2n) is 6.34. The first-order valence-corrected chi connectivity index (χ1v) is 7.31. The molecule has 0 aliphatic carbocycles. The first-order chi connectivity index (χ1) is 8.82. The molecule has 0 aliphatic heterocycles. The lowest BCUT2D eigenvalue weighted by atomic mass is 9.87. The molecule has 2 rings (SSSR count). The Morgan fingerprint density at radius 2 is 1.89 bits per heavy atom. The van der Waals surface area contributed by atoms with Crippen molar-refractivity contribution in [1.82, 2.24) is 4.98 Å². The summed E-state index contributed by atoms with van der Waals surface area (Å²) in [7, 11) is 0. The number of hydrogen-bond donors (Lipinski definition) is 0. The quantitative estimate of drug-likeness (QED) is 0.641. The highest BCUT2D eigenvalue weighted by Gasteiger charge is 2.19. The number of fused-ring (bicyclic) bond motifs is 1. The number of aromatic nitrogens is 1. The lowest BCUT2D eigenvalue weighted by molar-refractivity contribution is 0.589. The molecule has 19 heavy (non-hydrogen) atoms. The van der Waals surface area contributed by atoms with Crippen LogP contribution in [0.25, 0.3) is 10.9 Å². The van der Waals surface area contributed by atoms with E-state index in [1.54, 1.807) is 0 Å². The van der Waals surface area contributed by atoms with Crippen LogP contribution in [0.4, 0.5) is 0 Å². The molecular weight excluding hydrogens is 254 g/mol. The Bertz CT molecular complexity index is 596. The van der Waals surface area contributed by atoms with Crippen LogP contribution in [0.1, 0.15) is 58.1 Å². The Morgan fingerprint density at radius 3 is 2.47 bits per heavy atom. The van der Waals surface area contributed by atoms with Crippen LogP contribution >= 0.6 is 11.6 Å². The fourth-order valence-corrected chi connectivity index (χ4v) is 2.67. The number of pyridine rings is 1. The summed E-state index contributed by atoms with van der Waals surface area (Å²) in [6.07, 6.45) is 1.15. The number of rotatable bonds is 2. The standard InChI is InChI=1S/C17H22ClN/c1-6-11(2)12-7-8-15-13(9-12)10-14(16(18)19-15)17(3,4)5/h7-11H,6H2,1-5H3. The summed E-state index contributed by atoms with van der Waals surface area (Å²) in [4.78, 5) is 4.53. The average Bonchev–Trinajstić information content (AvgIpc) is 2.35. The van der Waals surface area contributed by atoms with Gasteiger partial charge in [-0.15, -0.1) is 0 Å². The van der Waals surface area contributed by atoms with Gasteiger partial charge in [0.1, 0.15) is 5.15 Å². The van der Waals surface area contributed by atoms with Crippen LogP contribution < -0.4 is 0 Å². The molecule has 1 aromatic carbocycles. The first kappa shape index (κ1) is 14.3. The van der Waals surface area contributed by atoms with Gasteiger partial charge >= 0.3 is 0 Å². The van der Waals surface area contributed by atoms with Crippen molar-refractivity contribution >= 4 is 22.5 Å². The molecular formula is C17H22ClN. The van der Waals surface area contributed by atoms with Gasteiger partial charge in [-0.2, -0.15) is 0 Å². The molecule has 0 N–H and O–H groups in total. The molecule has 1 aromatic heterocycles. The molecule has 0 fully saturated rings. The predicted octanol–water partition coefficient (Wildman–Crippen LogP) is 5.70. The van der Waals surface area contributed by atoms with E-state index in [-0.39, 0.29) is 5.41 Å². The van der Waals surface area contributed by atoms with Gasteiger partial charge in [-0.1, -0.05) is 52.3 Å². The molecule has 1 atom stereocenters. The molecule has 0 bridgehead atoms. The van der Waals surface area contributed by atoms with Crippen molar-refractivity contribution in [2.45, 2.75) is 52.4 Å². The SMILES string of the molecule is CCC(C)c1ccc2nc(Cl)c(C(C)(C)C)cc2c1. The number of nitrogens with zero attached hydrogens (tertiary/aromatic N) is 1. The highest BCUT2D eigenvalue weighted by atomic mass is 35.5. The van der Waals surface area contributed by atoms with E-state index in [2.05, 4.69) is 63.9 Å². The zero-order valence-electron chi connectivity index (χ0n) is 12.4. The van der Waals surface area contributed by atoms with Gasteiger partial charge in [0.05, 0.1) is 5.52 Å². The molecule has 102 valence electrons. The van der Waals surface area contributed by atoms with Gasteiger partial charge in [-0.25, -0.2) is 4.98 Å². The third-order valence-electron chi connectivity index (χ3n) is 3.78. The van der Waals surface area contributed by atoms with E-state index in [0.29, 0.717) is 11.1 Å². The zero-order valence-corrected chi connectivity index (χ0v) is 13.2. The second kappa shape index (κ2) is 5.13. The van der Waals surface area contributed by atoms with Gasteiger partial charge < -0.3 is 0 Å². The first-order valence-electron chi connectivity index (χ1n) is 6.93. The Kier molecular flexibility index (Phi) is 3.87. The highest BCUT2D eigenvalue weighted by molar-refractivity contribution is 6.30. The summed E-state index contributed by atoms with van der Waals surface area (Å²) >= 11 is 6.31. The van der Waals surface area contributed by atoms with Gasteiger partial charge in [0.15, 0.2) is 0 Å². The second-order valence-corrected chi connectivity index (χ2v) is 6.70. The molecule has 2 heteroatoms. The fraction of sp³-hybridized carbons (Fsp3) is 0.471. The van der Waals surface area contributed by atoms with E-state index in [4.69, 9.17) is 11.6 Å². The van der Waals surface area contributed by atoms with Crippen LogP contribution in [-0.4, -0.2) is 4.98 Å². The average molecular weight is 276 g/mol. The fourth-order valence-electron chi connectivity index (χ4n) is 2.24. The summed E-state index contributed by atoms with van der Waals surface area (Å²) in [5, 5.41) is 1.81. The Labute approximate surface area is 121 Å². The molecule has 2 aromatic rings. The van der Waals surface area contributed by atoms with Crippen LogP contribution in [0.2, 0.25) is 5.15 Å². The molecule has 0 saturated heterocycles. The molecule has 1 heterocycles. The molecule has 1 unspecified atom stereocenters. The lowest BCUT2D eigenvalue weighted by Gasteiger charge is -2.21. The minimum atomic E-state index is 0.0185. The van der Waals surface area contributed by atoms with Crippen molar-refractivity contribution in [1.29, 1.82) is 0 Å². The van der Waals surface area contributed by atoms with Crippen LogP contribution in [0.15, 0.2) is 24.3 Å². The maximum atomic E-state index is 6.31. The van der Waals surface area contributed by atoms with Crippen molar-refractivity contribution in [2.75, 3.05) is 0 Å². The van der Waals surface area contributed by atoms with E-state index >= 15 is 0 Å². The van der Waals surface area contributed by atoms with Gasteiger partial charge in [-0.3, -0.25) is 0 Å². The van der Waals surface area contributed by atoms with Gasteiger partial charge in [-0.05, 0) is 47.1 Å². The van der Waals surface area contributed by atoms with Crippen LogP contribution in [-0.2, 0) is 5.41 Å². The van der Waals surface area contributed by atoms with Gasteiger partial charge in [0.2, 0.25) is 0 Å². The van der Waals surface area contributed by atoms with Gasteiger partial charge in [0.25, 0.3) is 0 Å². The minimum Gasteiger partial charge on any atom is -0.236 e. The van der Waals surface area contributed by atoms with E-state index in [1.165, 1.54) is 10.9 Å². The Hall–Kier alpha value is -1.08. The maximum Gasteiger partial charge on any atom is 0.133 e. The number of hydrogen-bond acceptors (Lipinski definition) is 1. The highest BCUT2D eigenvalue weighted by Crippen LogP contribution is 2.32. The van der Waals surface area contributed by atoms with Crippen LogP contribution in [0, 0.1) is 0 Å². The molecule has 0 aliphatic rings. The molecule has 0 spiro atoms. The van der Waals surface area contributed by atoms with Crippen molar-refractivity contribution < 1.29 is 0 Å². The number of halogens is 1. The third kappa shape index (κ3) is 2.92. The predicted molar refractivity (Wildman–Crippen MR) is 84.2 cm³/mol. The monoisotopic (exact) mass is 275 g/mol. The van der Waals surface area contributed by atoms with Crippen molar-refractivity contribution in [3.8, 4) is 0 Å². The van der Waals surface area contributed by atoms with E-state index in [9.17, 15) is 0 Å². The van der Waals surface area contributed by atoms with Gasteiger partial charge in [0, 0.05) is 5.39 Å². The zero-order chi connectivity index (χ0) is 14.2. The number of benzene rings is 1. The summed E-state index contributed by atoms with van der Waals surface area (Å²) in [6, 6.07) is 8.68. The van der Waals surface area contributed by atoms with Crippen molar-refractivity contribution in [3.63, 3.8) is 0 Å². The summed E-state index contributed by atoms with van der Waals surface area (Å²) in [5.74, 6) is 0.582. The van der Waals surface area contributed by atoms with E-state index in [1.807, 2.05) is 0 Å². The molecule has 0 amide bonds. The van der Waals surface area contributed by atoms with Crippen molar-refractivity contribution in [3.05, 3.63) is 40.5 Å². The molecule has 1 nitrogen and oxygen atoms in total. The third-order valence-corrected chi connectivity index (χ3v) is 4.07. The topological polar surface area (TPSA) is 12.9 Å². The van der Waals surface area contributed by atoms with E-state index < -0.39 is 0 Å². The summed E-state index contributed by atoms with van der Waals surface area (Å²) in [6.45, 7) is 11.0. The minimum absolute atomic E-state index is 0.0185. The van der Waals surface area contributed by atoms with Crippen LogP contribution in [0.5, 0.6) is 0 Å². The largest absolute Gasteiger partial charge is 0.236 e. The Morgan fingerprint density at radius 1 is 1.21 bits per heavy atom. The molecule has 0 radical (unpaired) electrons. The maximum absolute atomic E-state index is 6.31. The molecule has 0 saturated carbocycles. The summed E-state index contributed by atoms with van der Waals surface area (Å²) in [5.41, 5.74) is 3.48. The van der Waals surface area contributed by atoms with E-state index in [0.717, 1.165) is 17.5 Å². The lowest BCUT2D eigenvalue weighted by Crippen LogP contribution is -2.12. The normalized spacial score (nSPS) is 13.8.